The summed E-state index contributed by atoms with van der Waals surface area (Å²) in [4.78, 5) is 35.0. The lowest BCUT2D eigenvalue weighted by molar-refractivity contribution is -0.0897. The number of amides is 1. The smallest absolute Gasteiger partial charge is 0.297 e. The number of benzene rings is 4. The van der Waals surface area contributed by atoms with Gasteiger partial charge in [0.05, 0.1) is 33.3 Å². The zero-order valence-corrected chi connectivity index (χ0v) is 34.5. The molecule has 0 bridgehead atoms. The number of rotatable bonds is 15. The van der Waals surface area contributed by atoms with E-state index in [0.717, 1.165) is 16.7 Å². The number of ether oxygens (including phenoxy) is 4. The molecule has 5 heterocycles. The first kappa shape index (κ1) is 39.8. The Morgan fingerprint density at radius 1 is 0.770 bits per heavy atom. The Labute approximate surface area is 354 Å². The Balaban J connectivity index is 1.11. The first-order valence-electron chi connectivity index (χ1n) is 19.1. The third kappa shape index (κ3) is 7.67. The lowest BCUT2D eigenvalue weighted by Gasteiger charge is -2.37. The molecule has 0 unspecified atom stereocenters. The highest BCUT2D eigenvalue weighted by molar-refractivity contribution is 8.10. The summed E-state index contributed by atoms with van der Waals surface area (Å²) < 4.78 is 37.1. The number of hydrogen-bond acceptors (Lipinski definition) is 14. The minimum atomic E-state index is -3.32. The van der Waals surface area contributed by atoms with Gasteiger partial charge in [-0.2, -0.15) is 19.1 Å². The molecule has 308 valence electrons. The molecule has 0 spiro atoms. The highest BCUT2D eigenvalue weighted by atomic mass is 32.5. The van der Waals surface area contributed by atoms with Crippen molar-refractivity contribution in [3.8, 4) is 11.5 Å². The van der Waals surface area contributed by atoms with Crippen LogP contribution in [0.5, 0.6) is 11.5 Å². The van der Waals surface area contributed by atoms with Gasteiger partial charge >= 0.3 is 0 Å². The van der Waals surface area contributed by atoms with Crippen molar-refractivity contribution in [2.45, 2.75) is 30.5 Å². The second kappa shape index (κ2) is 17.1. The van der Waals surface area contributed by atoms with Gasteiger partial charge in [-0.25, -0.2) is 24.9 Å². The molecule has 1 fully saturated rings. The lowest BCUT2D eigenvalue weighted by atomic mass is 9.80. The second-order valence-corrected chi connectivity index (χ2v) is 17.3. The van der Waals surface area contributed by atoms with Gasteiger partial charge in [0.15, 0.2) is 17.0 Å². The van der Waals surface area contributed by atoms with E-state index in [-0.39, 0.29) is 24.8 Å². The van der Waals surface area contributed by atoms with Crippen LogP contribution in [0, 0.1) is 0 Å². The SMILES string of the molecule is COc1ccc(C(OC[C@H]2O[C@@H](n3cnc4c(NC(=O)c5ccccc5)ncnc43)C[C@@H]2OP(=S)(n2cncn2)n2cncn2)(c2ccccc2)c2ccc(OC)cc2)cc1. The number of imidazole rings is 1. The first-order valence-corrected chi connectivity index (χ1v) is 21.7. The van der Waals surface area contributed by atoms with E-state index in [4.69, 9.17) is 35.3 Å². The third-order valence-electron chi connectivity index (χ3n) is 10.4. The van der Waals surface area contributed by atoms with E-state index in [9.17, 15) is 4.79 Å². The maximum atomic E-state index is 13.2. The van der Waals surface area contributed by atoms with Crippen molar-refractivity contribution in [3.63, 3.8) is 0 Å². The standard InChI is InChI=1S/C42H38N11O6PS/c1-55-33-17-13-31(14-18-33)42(30-11-7-4-8-12-30,32-15-19-34(56-2)20-16-32)57-22-36-35(59-60(61,52-26-43-23-48-52)53-27-44-24-49-53)21-37(58-36)51-28-47-38-39(45-25-46-40(38)51)50-41(54)29-9-5-3-6-10-29/h3-20,23-28,35-37H,21-22H2,1-2H3,(H,45,46,50,54)/t35-,36+,37+/m0/s1. The van der Waals surface area contributed by atoms with E-state index in [1.165, 1.54) is 40.5 Å². The Morgan fingerprint density at radius 2 is 1.36 bits per heavy atom. The van der Waals surface area contributed by atoms with Crippen molar-refractivity contribution in [1.29, 1.82) is 0 Å². The van der Waals surface area contributed by atoms with Gasteiger partial charge in [0.25, 0.3) is 12.5 Å². The number of fused-ring (bicyclic) bond motifs is 1. The van der Waals surface area contributed by atoms with Crippen LogP contribution in [0.2, 0.25) is 0 Å². The normalized spacial score (nSPS) is 16.7. The largest absolute Gasteiger partial charge is 0.497 e. The van der Waals surface area contributed by atoms with E-state index < -0.39 is 30.6 Å². The van der Waals surface area contributed by atoms with E-state index in [2.05, 4.69) is 40.4 Å². The molecular weight excluding hydrogens is 818 g/mol. The maximum absolute atomic E-state index is 13.2. The van der Waals surface area contributed by atoms with Gasteiger partial charge in [-0.05, 0) is 64.9 Å². The van der Waals surface area contributed by atoms with Crippen molar-refractivity contribution in [2.24, 2.45) is 0 Å². The highest BCUT2D eigenvalue weighted by Crippen LogP contribution is 2.53. The van der Waals surface area contributed by atoms with Crippen molar-refractivity contribution >= 4 is 41.3 Å². The van der Waals surface area contributed by atoms with Gasteiger partial charge in [-0.15, -0.1) is 0 Å². The van der Waals surface area contributed by atoms with Crippen molar-refractivity contribution in [3.05, 3.63) is 169 Å². The fraction of sp³-hybridized carbons (Fsp3) is 0.190. The van der Waals surface area contributed by atoms with E-state index in [1.54, 1.807) is 49.4 Å². The zero-order valence-electron chi connectivity index (χ0n) is 32.8. The Kier molecular flexibility index (Phi) is 11.2. The fourth-order valence-corrected chi connectivity index (χ4v) is 9.90. The molecule has 4 aromatic carbocycles. The van der Waals surface area contributed by atoms with E-state index in [1.807, 2.05) is 84.9 Å². The summed E-state index contributed by atoms with van der Waals surface area (Å²) in [6.45, 7) is -3.31. The van der Waals surface area contributed by atoms with Gasteiger partial charge in [0.1, 0.15) is 61.1 Å². The number of nitrogens with one attached hydrogen (secondary N) is 1. The van der Waals surface area contributed by atoms with Gasteiger partial charge in [0, 0.05) is 12.0 Å². The number of hydrogen-bond donors (Lipinski definition) is 1. The summed E-state index contributed by atoms with van der Waals surface area (Å²) in [6, 6.07) is 34.4. The van der Waals surface area contributed by atoms with Gasteiger partial charge in [-0.3, -0.25) is 9.36 Å². The average molecular weight is 856 g/mol. The van der Waals surface area contributed by atoms with Crippen LogP contribution in [-0.2, 0) is 31.4 Å². The van der Waals surface area contributed by atoms with Gasteiger partial charge in [0.2, 0.25) is 0 Å². The highest BCUT2D eigenvalue weighted by Gasteiger charge is 2.46. The Hall–Kier alpha value is -6.69. The van der Waals surface area contributed by atoms with Crippen LogP contribution in [0.3, 0.4) is 0 Å². The summed E-state index contributed by atoms with van der Waals surface area (Å²) in [6.07, 6.45) is 6.91. The molecular formula is C42H38N11O6PS. The molecule has 1 N–H and O–H groups in total. The van der Waals surface area contributed by atoms with E-state index >= 15 is 0 Å². The monoisotopic (exact) mass is 855 g/mol. The quantitative estimate of drug-likeness (QED) is 0.0899. The Bertz CT molecular complexity index is 2680. The molecule has 61 heavy (non-hydrogen) atoms. The molecule has 1 aliphatic rings. The van der Waals surface area contributed by atoms with Gasteiger partial charge in [-0.1, -0.05) is 72.8 Å². The first-order chi connectivity index (χ1) is 29.9. The van der Waals surface area contributed by atoms with Crippen LogP contribution >= 0.6 is 6.57 Å². The third-order valence-corrected chi connectivity index (χ3v) is 13.6. The van der Waals surface area contributed by atoms with Crippen LogP contribution in [-0.4, -0.2) is 87.5 Å². The van der Waals surface area contributed by atoms with Crippen LogP contribution in [0.1, 0.15) is 39.7 Å². The predicted octanol–water partition coefficient (Wildman–Crippen LogP) is 6.28. The number of methoxy groups -OCH3 is 2. The van der Waals surface area contributed by atoms with Crippen LogP contribution < -0.4 is 14.8 Å². The summed E-state index contributed by atoms with van der Waals surface area (Å²) in [5.74, 6) is 1.31. The molecule has 1 saturated heterocycles. The van der Waals surface area contributed by atoms with Crippen LogP contribution in [0.4, 0.5) is 5.82 Å². The zero-order chi connectivity index (χ0) is 41.8. The van der Waals surface area contributed by atoms with Crippen LogP contribution in [0.15, 0.2) is 147 Å². The van der Waals surface area contributed by atoms with E-state index in [0.29, 0.717) is 28.2 Å². The molecule has 19 heteroatoms. The maximum Gasteiger partial charge on any atom is 0.297 e. The van der Waals surface area contributed by atoms with Crippen molar-refractivity contribution < 1.29 is 28.3 Å². The van der Waals surface area contributed by atoms with Crippen LogP contribution in [0.25, 0.3) is 11.2 Å². The topological polar surface area (TPSA) is 180 Å². The summed E-state index contributed by atoms with van der Waals surface area (Å²) >= 11 is 6.29. The average Bonchev–Trinajstić information content (AvgIpc) is 4.17. The molecule has 1 amide bonds. The minimum Gasteiger partial charge on any atom is -0.497 e. The number of aromatic nitrogens is 10. The number of nitrogens with zero attached hydrogens (tertiary/aromatic N) is 10. The number of anilines is 1. The van der Waals surface area contributed by atoms with Gasteiger partial charge < -0.3 is 28.8 Å². The Morgan fingerprint density at radius 3 is 1.93 bits per heavy atom. The predicted molar refractivity (Wildman–Crippen MR) is 227 cm³/mol. The van der Waals surface area contributed by atoms with Crippen molar-refractivity contribution in [2.75, 3.05) is 26.1 Å². The molecule has 17 nitrogen and oxygen atoms in total. The number of carbonyl (C=O) groups is 1. The molecule has 8 aromatic rings. The molecule has 4 aromatic heterocycles. The molecule has 1 aliphatic heterocycles. The second-order valence-electron chi connectivity index (χ2n) is 13.8. The van der Waals surface area contributed by atoms with Crippen molar-refractivity contribution in [1.82, 2.24) is 48.6 Å². The number of carbonyl (C=O) groups excluding carboxylic acids is 1. The molecule has 0 aliphatic carbocycles. The lowest BCUT2D eigenvalue weighted by Crippen LogP contribution is -2.38. The minimum absolute atomic E-state index is 0.0121. The molecule has 0 saturated carbocycles. The molecule has 9 rings (SSSR count). The molecule has 3 atom stereocenters. The summed E-state index contributed by atoms with van der Waals surface area (Å²) in [5, 5.41) is 11.6. The summed E-state index contributed by atoms with van der Waals surface area (Å²) in [7, 11) is 3.26. The fourth-order valence-electron chi connectivity index (χ4n) is 7.37. The summed E-state index contributed by atoms with van der Waals surface area (Å²) in [5.41, 5.74) is 2.68. The molecule has 0 radical (unpaired) electrons.